The Balaban J connectivity index is 1.04. The van der Waals surface area contributed by atoms with Crippen molar-refractivity contribution < 1.29 is 34.3 Å². The molecule has 7 nitrogen and oxygen atoms in total. The van der Waals surface area contributed by atoms with Crippen molar-refractivity contribution in [2.45, 2.75) is 246 Å². The fourth-order valence-corrected chi connectivity index (χ4v) is 13.3. The second kappa shape index (κ2) is 22.9. The van der Waals surface area contributed by atoms with Gasteiger partial charge >= 0.3 is 5.97 Å². The molecule has 3 saturated carbocycles. The molecule has 1 heterocycles. The second-order valence-electron chi connectivity index (χ2n) is 21.1. The minimum absolute atomic E-state index is 0.139. The summed E-state index contributed by atoms with van der Waals surface area (Å²) < 4.78 is 18.0. The molecule has 1 aliphatic heterocycles. The Bertz CT molecular complexity index is 1250. The van der Waals surface area contributed by atoms with E-state index in [0.717, 1.165) is 80.5 Å². The van der Waals surface area contributed by atoms with E-state index in [4.69, 9.17) is 14.2 Å². The zero-order valence-electron chi connectivity index (χ0n) is 38.4. The van der Waals surface area contributed by atoms with E-state index in [1.54, 1.807) is 0 Å². The van der Waals surface area contributed by atoms with Crippen LogP contribution in [-0.4, -0.2) is 64.7 Å². The van der Waals surface area contributed by atoms with Gasteiger partial charge in [0.15, 0.2) is 6.29 Å². The van der Waals surface area contributed by atoms with Crippen molar-refractivity contribution in [1.82, 2.24) is 0 Å². The summed E-state index contributed by atoms with van der Waals surface area (Å²) >= 11 is 0. The fraction of sp³-hybridized carbons (Fsp3) is 0.941. The Morgan fingerprint density at radius 3 is 2.09 bits per heavy atom. The number of allylic oxidation sites excluding steroid dienone is 1. The molecule has 0 amide bonds. The van der Waals surface area contributed by atoms with Gasteiger partial charge in [-0.3, -0.25) is 4.79 Å². The summed E-state index contributed by atoms with van der Waals surface area (Å²) in [5.41, 5.74) is 2.13. The van der Waals surface area contributed by atoms with Gasteiger partial charge in [-0.2, -0.15) is 0 Å². The van der Waals surface area contributed by atoms with Crippen molar-refractivity contribution in [3.05, 3.63) is 11.6 Å². The van der Waals surface area contributed by atoms with Crippen LogP contribution in [0.2, 0.25) is 0 Å². The molecule has 5 aliphatic rings. The van der Waals surface area contributed by atoms with Gasteiger partial charge in [-0.25, -0.2) is 0 Å². The van der Waals surface area contributed by atoms with Gasteiger partial charge in [0.2, 0.25) is 0 Å². The van der Waals surface area contributed by atoms with Crippen LogP contribution in [0.5, 0.6) is 0 Å². The molecule has 4 aliphatic carbocycles. The quantitative estimate of drug-likeness (QED) is 0.0506. The summed E-state index contributed by atoms with van der Waals surface area (Å²) in [5, 5.41) is 32.5. The minimum Gasteiger partial charge on any atom is -0.463 e. The van der Waals surface area contributed by atoms with E-state index in [2.05, 4.69) is 54.5 Å². The topological polar surface area (TPSA) is 105 Å². The van der Waals surface area contributed by atoms with Crippen LogP contribution in [0.25, 0.3) is 0 Å². The highest BCUT2D eigenvalue weighted by molar-refractivity contribution is 5.69. The lowest BCUT2D eigenvalue weighted by Gasteiger charge is -2.58. The van der Waals surface area contributed by atoms with Gasteiger partial charge in [-0.15, -0.1) is 0 Å². The van der Waals surface area contributed by atoms with Crippen LogP contribution in [0.3, 0.4) is 0 Å². The third-order valence-electron chi connectivity index (χ3n) is 17.2. The number of hydrogen-bond donors (Lipinski definition) is 3. The molecule has 14 atom stereocenters. The van der Waals surface area contributed by atoms with Crippen molar-refractivity contribution in [2.24, 2.45) is 52.3 Å². The molecule has 5 rings (SSSR count). The highest BCUT2D eigenvalue weighted by atomic mass is 16.7. The molecular formula is C51H90O7. The van der Waals surface area contributed by atoms with Crippen molar-refractivity contribution in [3.8, 4) is 0 Å². The van der Waals surface area contributed by atoms with Crippen LogP contribution < -0.4 is 0 Å². The van der Waals surface area contributed by atoms with Crippen LogP contribution in [0, 0.1) is 52.3 Å². The SMILES string of the molecule is CCCCCCCCCCCCCCCC(=O)OC[C@H]1O[C@@H](O[C@H]2CC[C@@]3(C)C(=CCC4C3CC[C@@]3(C)C4CC[C@@H]3[C@H](C)CC[C@@H](CC)C(C)C)C2)[C@H](O)[C@@H](O)[C@@H]1O. The van der Waals surface area contributed by atoms with E-state index in [0.29, 0.717) is 17.8 Å². The van der Waals surface area contributed by atoms with Gasteiger partial charge in [-0.1, -0.05) is 150 Å². The standard InChI is InChI=1S/C51H90O7/c1-8-10-11-12-13-14-15-16-17-18-19-20-21-22-45(52)56-34-44-46(53)47(54)48(55)49(58-44)57-39-29-31-50(6)38(33-39)25-26-40-42-28-27-41(51(42,7)32-30-43(40)50)36(5)23-24-37(9-2)35(3)4/h25,35-37,39-44,46-49,53-55H,8-24,26-34H2,1-7H3/t36-,37-,39+,40?,41-,42?,43?,44-,46-,47+,48-,49-,50+,51-/m1/s1. The van der Waals surface area contributed by atoms with Crippen LogP contribution in [0.4, 0.5) is 0 Å². The highest BCUT2D eigenvalue weighted by Gasteiger charge is 2.59. The van der Waals surface area contributed by atoms with Crippen LogP contribution in [0.15, 0.2) is 11.6 Å². The zero-order valence-corrected chi connectivity index (χ0v) is 38.4. The molecule has 3 unspecified atom stereocenters. The molecule has 0 aromatic carbocycles. The maximum absolute atomic E-state index is 12.6. The average molecular weight is 815 g/mol. The van der Waals surface area contributed by atoms with Crippen LogP contribution in [-0.2, 0) is 19.0 Å². The predicted octanol–water partition coefficient (Wildman–Crippen LogP) is 11.9. The number of fused-ring (bicyclic) bond motifs is 5. The van der Waals surface area contributed by atoms with Gasteiger partial charge in [0, 0.05) is 6.42 Å². The number of carbonyl (C=O) groups excluding carboxylic acids is 1. The van der Waals surface area contributed by atoms with Gasteiger partial charge in [0.1, 0.15) is 31.0 Å². The molecule has 3 N–H and O–H groups in total. The third-order valence-corrected chi connectivity index (χ3v) is 17.2. The number of rotatable bonds is 24. The lowest BCUT2D eigenvalue weighted by Crippen LogP contribution is -2.60. The van der Waals surface area contributed by atoms with E-state index in [-0.39, 0.29) is 24.1 Å². The van der Waals surface area contributed by atoms with Gasteiger partial charge in [-0.05, 0) is 116 Å². The second-order valence-corrected chi connectivity index (χ2v) is 21.1. The number of hydrogen-bond acceptors (Lipinski definition) is 7. The molecule has 336 valence electrons. The van der Waals surface area contributed by atoms with E-state index < -0.39 is 30.7 Å². The van der Waals surface area contributed by atoms with Crippen LogP contribution >= 0.6 is 0 Å². The van der Waals surface area contributed by atoms with E-state index in [9.17, 15) is 20.1 Å². The maximum atomic E-state index is 12.6. The normalized spacial score (nSPS) is 37.1. The Kier molecular flexibility index (Phi) is 19.0. The van der Waals surface area contributed by atoms with Gasteiger partial charge in [0.25, 0.3) is 0 Å². The zero-order chi connectivity index (χ0) is 41.9. The summed E-state index contributed by atoms with van der Waals surface area (Å²) in [4.78, 5) is 12.6. The van der Waals surface area contributed by atoms with E-state index in [1.165, 1.54) is 115 Å². The lowest BCUT2D eigenvalue weighted by atomic mass is 9.47. The number of aliphatic hydroxyl groups is 3. The first kappa shape index (κ1) is 48.0. The molecule has 0 bridgehead atoms. The summed E-state index contributed by atoms with van der Waals surface area (Å²) in [6.45, 7) is 17.0. The van der Waals surface area contributed by atoms with Gasteiger partial charge in [0.05, 0.1) is 6.10 Å². The fourth-order valence-electron chi connectivity index (χ4n) is 13.3. The number of esters is 1. The number of carbonyl (C=O) groups is 1. The molecule has 0 radical (unpaired) electrons. The highest BCUT2D eigenvalue weighted by Crippen LogP contribution is 2.67. The first-order valence-corrected chi connectivity index (χ1v) is 25.0. The van der Waals surface area contributed by atoms with E-state index in [1.807, 2.05) is 0 Å². The molecule has 58 heavy (non-hydrogen) atoms. The smallest absolute Gasteiger partial charge is 0.305 e. The summed E-state index contributed by atoms with van der Waals surface area (Å²) in [6.07, 6.45) is 26.1. The van der Waals surface area contributed by atoms with Crippen molar-refractivity contribution in [1.29, 1.82) is 0 Å². The number of unbranched alkanes of at least 4 members (excludes halogenated alkanes) is 12. The first-order chi connectivity index (χ1) is 27.8. The molecule has 4 fully saturated rings. The van der Waals surface area contributed by atoms with Crippen molar-refractivity contribution >= 4 is 5.97 Å². The molecule has 0 spiro atoms. The lowest BCUT2D eigenvalue weighted by molar-refractivity contribution is -0.313. The van der Waals surface area contributed by atoms with Gasteiger partial charge < -0.3 is 29.5 Å². The molecule has 0 aromatic heterocycles. The Hall–Kier alpha value is -0.990. The Morgan fingerprint density at radius 1 is 0.793 bits per heavy atom. The van der Waals surface area contributed by atoms with Crippen molar-refractivity contribution in [3.63, 3.8) is 0 Å². The van der Waals surface area contributed by atoms with Crippen LogP contribution in [0.1, 0.15) is 209 Å². The monoisotopic (exact) mass is 815 g/mol. The van der Waals surface area contributed by atoms with Crippen molar-refractivity contribution in [2.75, 3.05) is 6.61 Å². The summed E-state index contributed by atoms with van der Waals surface area (Å²) in [5.74, 6) is 5.24. The molecule has 0 aromatic rings. The maximum Gasteiger partial charge on any atom is 0.305 e. The largest absolute Gasteiger partial charge is 0.463 e. The Labute approximate surface area is 355 Å². The summed E-state index contributed by atoms with van der Waals surface area (Å²) in [7, 11) is 0. The average Bonchev–Trinajstić information content (AvgIpc) is 3.56. The third kappa shape index (κ3) is 11.9. The number of aliphatic hydroxyl groups excluding tert-OH is 3. The molecular weight excluding hydrogens is 725 g/mol. The summed E-state index contributed by atoms with van der Waals surface area (Å²) in [6, 6.07) is 0. The van der Waals surface area contributed by atoms with E-state index >= 15 is 0 Å². The first-order valence-electron chi connectivity index (χ1n) is 25.0. The Morgan fingerprint density at radius 2 is 1.45 bits per heavy atom. The molecule has 1 saturated heterocycles. The molecule has 7 heteroatoms. The predicted molar refractivity (Wildman–Crippen MR) is 235 cm³/mol. The number of ether oxygens (including phenoxy) is 3. The minimum atomic E-state index is -1.44.